The number of hydrogen-bond donors (Lipinski definition) is 1. The van der Waals surface area contributed by atoms with Gasteiger partial charge in [0.2, 0.25) is 0 Å². The van der Waals surface area contributed by atoms with E-state index in [0.29, 0.717) is 0 Å². The number of benzene rings is 1. The molecular formula is C13H12ClF2NS. The Bertz CT molecular complexity index is 568. The van der Waals surface area contributed by atoms with Crippen molar-refractivity contribution >= 4 is 22.9 Å². The average molecular weight is 288 g/mol. The molecule has 18 heavy (non-hydrogen) atoms. The van der Waals surface area contributed by atoms with E-state index < -0.39 is 11.6 Å². The third kappa shape index (κ3) is 2.41. The first-order valence-corrected chi connectivity index (χ1v) is 6.66. The van der Waals surface area contributed by atoms with Crippen LogP contribution < -0.4 is 5.32 Å². The van der Waals surface area contributed by atoms with Gasteiger partial charge in [-0.3, -0.25) is 0 Å². The molecule has 1 nitrogen and oxygen atoms in total. The number of nitrogens with one attached hydrogen (secondary N) is 1. The molecule has 1 aromatic heterocycles. The first-order chi connectivity index (χ1) is 8.54. The van der Waals surface area contributed by atoms with Crippen molar-refractivity contribution in [1.82, 2.24) is 5.32 Å². The highest BCUT2D eigenvalue weighted by molar-refractivity contribution is 7.10. The van der Waals surface area contributed by atoms with E-state index in [1.165, 1.54) is 11.3 Å². The fraction of sp³-hybridized carbons (Fsp3) is 0.231. The molecule has 0 radical (unpaired) electrons. The molecule has 0 spiro atoms. The maximum absolute atomic E-state index is 13.9. The van der Waals surface area contributed by atoms with Crippen molar-refractivity contribution < 1.29 is 8.78 Å². The minimum Gasteiger partial charge on any atom is -0.309 e. The molecule has 2 aromatic rings. The minimum absolute atomic E-state index is 0.200. The molecule has 5 heteroatoms. The summed E-state index contributed by atoms with van der Waals surface area (Å²) in [5.41, 5.74) is 1.32. The maximum atomic E-state index is 13.9. The average Bonchev–Trinajstić information content (AvgIpc) is 2.73. The molecule has 96 valence electrons. The van der Waals surface area contributed by atoms with Crippen molar-refractivity contribution in [1.29, 1.82) is 0 Å². The van der Waals surface area contributed by atoms with Crippen LogP contribution in [0.25, 0.3) is 0 Å². The Hall–Kier alpha value is -0.970. The minimum atomic E-state index is -0.609. The highest BCUT2D eigenvalue weighted by Crippen LogP contribution is 2.32. The van der Waals surface area contributed by atoms with Crippen LogP contribution in [0.2, 0.25) is 5.02 Å². The Morgan fingerprint density at radius 2 is 2.00 bits per heavy atom. The summed E-state index contributed by atoms with van der Waals surface area (Å²) in [7, 11) is 1.72. The molecule has 0 aliphatic rings. The summed E-state index contributed by atoms with van der Waals surface area (Å²) in [6, 6.07) is 3.75. The Morgan fingerprint density at radius 1 is 1.28 bits per heavy atom. The fourth-order valence-corrected chi connectivity index (χ4v) is 3.07. The predicted molar refractivity (Wildman–Crippen MR) is 71.3 cm³/mol. The van der Waals surface area contributed by atoms with E-state index in [0.717, 1.165) is 22.6 Å². The van der Waals surface area contributed by atoms with E-state index in [9.17, 15) is 8.78 Å². The second-order valence-corrected chi connectivity index (χ2v) is 5.33. The number of aryl methyl sites for hydroxylation is 1. The summed E-state index contributed by atoms with van der Waals surface area (Å²) in [6.45, 7) is 1.94. The molecule has 1 N–H and O–H groups in total. The third-order valence-corrected chi connectivity index (χ3v) is 4.18. The first-order valence-electron chi connectivity index (χ1n) is 5.40. The van der Waals surface area contributed by atoms with Crippen LogP contribution in [0.4, 0.5) is 8.78 Å². The van der Waals surface area contributed by atoms with Crippen molar-refractivity contribution in [3.8, 4) is 0 Å². The van der Waals surface area contributed by atoms with Gasteiger partial charge in [0.05, 0.1) is 11.1 Å². The van der Waals surface area contributed by atoms with E-state index in [1.807, 2.05) is 18.4 Å². The van der Waals surface area contributed by atoms with Gasteiger partial charge in [-0.2, -0.15) is 0 Å². The molecular weight excluding hydrogens is 276 g/mol. The van der Waals surface area contributed by atoms with Crippen LogP contribution in [0.15, 0.2) is 23.6 Å². The van der Waals surface area contributed by atoms with Gasteiger partial charge in [-0.1, -0.05) is 11.6 Å². The van der Waals surface area contributed by atoms with Crippen molar-refractivity contribution in [3.05, 3.63) is 56.2 Å². The van der Waals surface area contributed by atoms with Crippen molar-refractivity contribution in [2.24, 2.45) is 0 Å². The number of halogens is 3. The van der Waals surface area contributed by atoms with E-state index in [1.54, 1.807) is 7.05 Å². The SMILES string of the molecule is CNC(c1cc(F)c(Cl)cc1F)c1sccc1C. The number of rotatable bonds is 3. The highest BCUT2D eigenvalue weighted by atomic mass is 35.5. The van der Waals surface area contributed by atoms with Crippen LogP contribution in [0.1, 0.15) is 22.0 Å². The van der Waals surface area contributed by atoms with Gasteiger partial charge in [-0.05, 0) is 43.1 Å². The molecule has 0 aliphatic heterocycles. The van der Waals surface area contributed by atoms with Gasteiger partial charge in [0.15, 0.2) is 0 Å². The fourth-order valence-electron chi connectivity index (χ4n) is 1.87. The maximum Gasteiger partial charge on any atom is 0.142 e. The van der Waals surface area contributed by atoms with Crippen molar-refractivity contribution in [2.45, 2.75) is 13.0 Å². The van der Waals surface area contributed by atoms with E-state index in [-0.39, 0.29) is 16.6 Å². The lowest BCUT2D eigenvalue weighted by molar-refractivity contribution is 0.560. The summed E-state index contributed by atoms with van der Waals surface area (Å²) in [5, 5.41) is 4.74. The summed E-state index contributed by atoms with van der Waals surface area (Å²) < 4.78 is 27.4. The quantitative estimate of drug-likeness (QED) is 0.830. The predicted octanol–water partition coefficient (Wildman–Crippen LogP) is 4.30. The molecule has 0 amide bonds. The zero-order valence-electron chi connectivity index (χ0n) is 9.93. The van der Waals surface area contributed by atoms with Gasteiger partial charge in [0, 0.05) is 10.4 Å². The summed E-state index contributed by atoms with van der Waals surface area (Å²) in [4.78, 5) is 0.970. The molecule has 1 aromatic carbocycles. The van der Waals surface area contributed by atoms with Crippen LogP contribution in [0.5, 0.6) is 0 Å². The zero-order chi connectivity index (χ0) is 13.3. The Balaban J connectivity index is 2.52. The lowest BCUT2D eigenvalue weighted by Gasteiger charge is -2.17. The Morgan fingerprint density at radius 3 is 2.56 bits per heavy atom. The number of hydrogen-bond acceptors (Lipinski definition) is 2. The summed E-state index contributed by atoms with van der Waals surface area (Å²) in [6.07, 6.45) is 0. The van der Waals surface area contributed by atoms with Gasteiger partial charge in [0.25, 0.3) is 0 Å². The normalized spacial score (nSPS) is 12.7. The van der Waals surface area contributed by atoms with E-state index >= 15 is 0 Å². The summed E-state index contributed by atoms with van der Waals surface area (Å²) in [5.74, 6) is -1.11. The standard InChI is InChI=1S/C13H12ClF2NS/c1-7-3-4-18-13(7)12(17-2)8-5-11(16)9(14)6-10(8)15/h3-6,12,17H,1-2H3. The van der Waals surface area contributed by atoms with E-state index in [2.05, 4.69) is 5.32 Å². The van der Waals surface area contributed by atoms with E-state index in [4.69, 9.17) is 11.6 Å². The molecule has 1 heterocycles. The smallest absolute Gasteiger partial charge is 0.142 e. The van der Waals surface area contributed by atoms with Gasteiger partial charge < -0.3 is 5.32 Å². The highest BCUT2D eigenvalue weighted by Gasteiger charge is 2.21. The Labute approximate surface area is 113 Å². The van der Waals surface area contributed by atoms with Gasteiger partial charge >= 0.3 is 0 Å². The largest absolute Gasteiger partial charge is 0.309 e. The van der Waals surface area contributed by atoms with Crippen LogP contribution >= 0.6 is 22.9 Å². The third-order valence-electron chi connectivity index (χ3n) is 2.80. The van der Waals surface area contributed by atoms with Gasteiger partial charge in [0.1, 0.15) is 11.6 Å². The molecule has 0 saturated carbocycles. The number of thiophene rings is 1. The molecule has 0 fully saturated rings. The van der Waals surface area contributed by atoms with Crippen molar-refractivity contribution in [3.63, 3.8) is 0 Å². The monoisotopic (exact) mass is 287 g/mol. The first kappa shape index (κ1) is 13.5. The molecule has 0 aliphatic carbocycles. The van der Waals surface area contributed by atoms with Crippen LogP contribution in [-0.4, -0.2) is 7.05 Å². The molecule has 1 atom stereocenters. The van der Waals surface area contributed by atoms with Gasteiger partial charge in [-0.25, -0.2) is 8.78 Å². The second-order valence-electron chi connectivity index (χ2n) is 3.98. The lowest BCUT2D eigenvalue weighted by atomic mass is 10.0. The molecule has 1 unspecified atom stereocenters. The van der Waals surface area contributed by atoms with Crippen LogP contribution in [-0.2, 0) is 0 Å². The topological polar surface area (TPSA) is 12.0 Å². The van der Waals surface area contributed by atoms with Crippen LogP contribution in [0, 0.1) is 18.6 Å². The Kier molecular flexibility index (Phi) is 4.00. The summed E-state index contributed by atoms with van der Waals surface area (Å²) >= 11 is 7.07. The second kappa shape index (κ2) is 5.34. The molecule has 2 rings (SSSR count). The molecule has 0 bridgehead atoms. The van der Waals surface area contributed by atoms with Gasteiger partial charge in [-0.15, -0.1) is 11.3 Å². The zero-order valence-corrected chi connectivity index (χ0v) is 11.5. The lowest BCUT2D eigenvalue weighted by Crippen LogP contribution is -2.19. The van der Waals surface area contributed by atoms with Crippen LogP contribution in [0.3, 0.4) is 0 Å². The molecule has 0 saturated heterocycles. The van der Waals surface area contributed by atoms with Crippen molar-refractivity contribution in [2.75, 3.05) is 7.05 Å².